The Balaban J connectivity index is 2.19. The first-order valence-corrected chi connectivity index (χ1v) is 6.79. The van der Waals surface area contributed by atoms with Crippen LogP contribution < -0.4 is 5.73 Å². The largest absolute Gasteiger partial charge is 0.328 e. The molecule has 3 nitrogen and oxygen atoms in total. The summed E-state index contributed by atoms with van der Waals surface area (Å²) >= 11 is 0. The Bertz CT molecular complexity index is 544. The van der Waals surface area contributed by atoms with Crippen LogP contribution in [0, 0.1) is 20.8 Å². The molecule has 2 rings (SSSR count). The van der Waals surface area contributed by atoms with E-state index >= 15 is 0 Å². The SMILES string of the molecule is Cc1cc(C)c(Cn2cc(CC(C)N)cn2)c(C)c1. The first kappa shape index (κ1) is 13.8. The Kier molecular flexibility index (Phi) is 4.05. The third-order valence-electron chi connectivity index (χ3n) is 3.40. The molecule has 1 unspecified atom stereocenters. The van der Waals surface area contributed by atoms with E-state index in [1.54, 1.807) is 0 Å². The standard InChI is InChI=1S/C16H23N3/c1-11-5-12(2)16(13(3)6-11)10-19-9-15(8-18-19)7-14(4)17/h5-6,8-9,14H,7,10,17H2,1-4H3. The summed E-state index contributed by atoms with van der Waals surface area (Å²) in [5, 5.41) is 4.43. The molecule has 2 N–H and O–H groups in total. The van der Waals surface area contributed by atoms with Gasteiger partial charge in [0.2, 0.25) is 0 Å². The fourth-order valence-electron chi connectivity index (χ4n) is 2.59. The molecule has 0 saturated carbocycles. The van der Waals surface area contributed by atoms with Gasteiger partial charge in [-0.15, -0.1) is 0 Å². The van der Waals surface area contributed by atoms with Gasteiger partial charge in [0.15, 0.2) is 0 Å². The first-order valence-electron chi connectivity index (χ1n) is 6.79. The van der Waals surface area contributed by atoms with Crippen LogP contribution in [-0.2, 0) is 13.0 Å². The maximum atomic E-state index is 5.81. The van der Waals surface area contributed by atoms with Crippen molar-refractivity contribution in [2.75, 3.05) is 0 Å². The van der Waals surface area contributed by atoms with E-state index < -0.39 is 0 Å². The molecule has 0 aliphatic heterocycles. The second kappa shape index (κ2) is 5.57. The molecule has 19 heavy (non-hydrogen) atoms. The van der Waals surface area contributed by atoms with Crippen molar-refractivity contribution in [1.82, 2.24) is 9.78 Å². The Morgan fingerprint density at radius 2 is 1.84 bits per heavy atom. The molecule has 2 aromatic rings. The molecule has 0 aliphatic carbocycles. The van der Waals surface area contributed by atoms with Gasteiger partial charge in [0, 0.05) is 12.2 Å². The van der Waals surface area contributed by atoms with Crippen LogP contribution in [0.5, 0.6) is 0 Å². The lowest BCUT2D eigenvalue weighted by Crippen LogP contribution is -2.17. The summed E-state index contributed by atoms with van der Waals surface area (Å²) in [7, 11) is 0. The Labute approximate surface area is 115 Å². The average molecular weight is 257 g/mol. The normalized spacial score (nSPS) is 12.7. The number of benzene rings is 1. The van der Waals surface area contributed by atoms with E-state index in [9.17, 15) is 0 Å². The lowest BCUT2D eigenvalue weighted by Gasteiger charge is -2.11. The number of aromatic nitrogens is 2. The highest BCUT2D eigenvalue weighted by Crippen LogP contribution is 2.17. The van der Waals surface area contributed by atoms with Gasteiger partial charge in [0.1, 0.15) is 0 Å². The van der Waals surface area contributed by atoms with Gasteiger partial charge >= 0.3 is 0 Å². The molecule has 3 heteroatoms. The van der Waals surface area contributed by atoms with Crippen LogP contribution in [0.2, 0.25) is 0 Å². The van der Waals surface area contributed by atoms with Crippen LogP contribution >= 0.6 is 0 Å². The highest BCUT2D eigenvalue weighted by molar-refractivity contribution is 5.37. The highest BCUT2D eigenvalue weighted by atomic mass is 15.3. The maximum absolute atomic E-state index is 5.81. The summed E-state index contributed by atoms with van der Waals surface area (Å²) in [4.78, 5) is 0. The van der Waals surface area contributed by atoms with Gasteiger partial charge in [-0.3, -0.25) is 4.68 Å². The molecule has 0 spiro atoms. The van der Waals surface area contributed by atoms with Crippen molar-refractivity contribution >= 4 is 0 Å². The molecule has 0 fully saturated rings. The number of nitrogens with two attached hydrogens (primary N) is 1. The molecule has 1 aromatic heterocycles. The number of rotatable bonds is 4. The Morgan fingerprint density at radius 3 is 2.42 bits per heavy atom. The molecular formula is C16H23N3. The van der Waals surface area contributed by atoms with Gasteiger partial charge < -0.3 is 5.73 Å². The van der Waals surface area contributed by atoms with Crippen molar-refractivity contribution in [2.24, 2.45) is 5.73 Å². The molecule has 0 bridgehead atoms. The average Bonchev–Trinajstić information content (AvgIpc) is 2.70. The Morgan fingerprint density at radius 1 is 1.21 bits per heavy atom. The Hall–Kier alpha value is -1.61. The van der Waals surface area contributed by atoms with Crippen LogP contribution in [0.15, 0.2) is 24.5 Å². The summed E-state index contributed by atoms with van der Waals surface area (Å²) in [6, 6.07) is 4.64. The van der Waals surface area contributed by atoms with Gasteiger partial charge in [-0.25, -0.2) is 0 Å². The second-order valence-electron chi connectivity index (χ2n) is 5.60. The van der Waals surface area contributed by atoms with E-state index in [4.69, 9.17) is 5.73 Å². The predicted molar refractivity (Wildman–Crippen MR) is 79.3 cm³/mol. The fourth-order valence-corrected chi connectivity index (χ4v) is 2.59. The third-order valence-corrected chi connectivity index (χ3v) is 3.40. The summed E-state index contributed by atoms with van der Waals surface area (Å²) in [5.74, 6) is 0. The van der Waals surface area contributed by atoms with E-state index in [1.807, 2.05) is 17.8 Å². The molecule has 0 aliphatic rings. The van der Waals surface area contributed by atoms with Crippen LogP contribution in [0.1, 0.15) is 34.7 Å². The van der Waals surface area contributed by atoms with Crippen molar-refractivity contribution in [3.05, 3.63) is 52.3 Å². The topological polar surface area (TPSA) is 43.8 Å². The van der Waals surface area contributed by atoms with Gasteiger partial charge in [0.25, 0.3) is 0 Å². The van der Waals surface area contributed by atoms with Crippen LogP contribution in [0.3, 0.4) is 0 Å². The van der Waals surface area contributed by atoms with Gasteiger partial charge in [-0.2, -0.15) is 5.10 Å². The monoisotopic (exact) mass is 257 g/mol. The zero-order valence-corrected chi connectivity index (χ0v) is 12.3. The smallest absolute Gasteiger partial charge is 0.0664 e. The third kappa shape index (κ3) is 3.44. The summed E-state index contributed by atoms with van der Waals surface area (Å²) in [6.07, 6.45) is 4.90. The minimum absolute atomic E-state index is 0.181. The fraction of sp³-hybridized carbons (Fsp3) is 0.438. The lowest BCUT2D eigenvalue weighted by atomic mass is 10.00. The molecule has 0 amide bonds. The number of nitrogens with zero attached hydrogens (tertiary/aromatic N) is 2. The van der Waals surface area contributed by atoms with Crippen molar-refractivity contribution in [2.45, 2.75) is 46.7 Å². The van der Waals surface area contributed by atoms with E-state index in [0.29, 0.717) is 0 Å². The summed E-state index contributed by atoms with van der Waals surface area (Å²) in [5.41, 5.74) is 12.4. The van der Waals surface area contributed by atoms with E-state index in [-0.39, 0.29) is 6.04 Å². The van der Waals surface area contributed by atoms with Crippen LogP contribution in [0.4, 0.5) is 0 Å². The predicted octanol–water partition coefficient (Wildman–Crippen LogP) is 2.75. The quantitative estimate of drug-likeness (QED) is 0.915. The first-order chi connectivity index (χ1) is 8.95. The summed E-state index contributed by atoms with van der Waals surface area (Å²) in [6.45, 7) is 9.32. The zero-order chi connectivity index (χ0) is 14.0. The zero-order valence-electron chi connectivity index (χ0n) is 12.3. The van der Waals surface area contributed by atoms with Crippen molar-refractivity contribution in [3.63, 3.8) is 0 Å². The highest BCUT2D eigenvalue weighted by Gasteiger charge is 2.07. The summed E-state index contributed by atoms with van der Waals surface area (Å²) < 4.78 is 2.00. The molecular weight excluding hydrogens is 234 g/mol. The molecule has 1 heterocycles. The van der Waals surface area contributed by atoms with Crippen molar-refractivity contribution < 1.29 is 0 Å². The van der Waals surface area contributed by atoms with Crippen LogP contribution in [-0.4, -0.2) is 15.8 Å². The van der Waals surface area contributed by atoms with E-state index in [1.165, 1.54) is 27.8 Å². The van der Waals surface area contributed by atoms with E-state index in [0.717, 1.165) is 13.0 Å². The molecule has 1 aromatic carbocycles. The number of hydrogen-bond acceptors (Lipinski definition) is 2. The van der Waals surface area contributed by atoms with E-state index in [2.05, 4.69) is 44.2 Å². The van der Waals surface area contributed by atoms with Crippen molar-refractivity contribution in [1.29, 1.82) is 0 Å². The minimum atomic E-state index is 0.181. The maximum Gasteiger partial charge on any atom is 0.0664 e. The second-order valence-corrected chi connectivity index (χ2v) is 5.60. The van der Waals surface area contributed by atoms with Gasteiger partial charge in [-0.05, 0) is 56.4 Å². The van der Waals surface area contributed by atoms with Gasteiger partial charge in [-0.1, -0.05) is 17.7 Å². The van der Waals surface area contributed by atoms with Crippen molar-refractivity contribution in [3.8, 4) is 0 Å². The molecule has 102 valence electrons. The number of hydrogen-bond donors (Lipinski definition) is 1. The molecule has 0 radical (unpaired) electrons. The van der Waals surface area contributed by atoms with Gasteiger partial charge in [0.05, 0.1) is 12.7 Å². The molecule has 0 saturated heterocycles. The lowest BCUT2D eigenvalue weighted by molar-refractivity contribution is 0.678. The number of aryl methyl sites for hydroxylation is 3. The minimum Gasteiger partial charge on any atom is -0.328 e. The molecule has 1 atom stereocenters. The van der Waals surface area contributed by atoms with Crippen LogP contribution in [0.25, 0.3) is 0 Å².